The zero-order valence-electron chi connectivity index (χ0n) is 19.8. The summed E-state index contributed by atoms with van der Waals surface area (Å²) in [6.07, 6.45) is 6.55. The molecule has 0 radical (unpaired) electrons. The second-order valence-corrected chi connectivity index (χ2v) is 11.1. The van der Waals surface area contributed by atoms with Crippen molar-refractivity contribution in [3.63, 3.8) is 0 Å². The summed E-state index contributed by atoms with van der Waals surface area (Å²) >= 11 is 0. The number of aryl methyl sites for hydroxylation is 4. The van der Waals surface area contributed by atoms with Gasteiger partial charge in [-0.2, -0.15) is 4.31 Å². The van der Waals surface area contributed by atoms with Crippen molar-refractivity contribution in [3.8, 4) is 0 Å². The number of nitrogens with one attached hydrogen (secondary N) is 1. The molecule has 32 heavy (non-hydrogen) atoms. The number of carbonyl (C=O) groups excluding carboxylic acids is 1. The lowest BCUT2D eigenvalue weighted by atomic mass is 10.1. The molecule has 1 aliphatic rings. The molecule has 0 spiro atoms. The van der Waals surface area contributed by atoms with Crippen molar-refractivity contribution in [2.24, 2.45) is 0 Å². The lowest BCUT2D eigenvalue weighted by Gasteiger charge is -2.25. The van der Waals surface area contributed by atoms with Crippen molar-refractivity contribution in [3.05, 3.63) is 64.2 Å². The van der Waals surface area contributed by atoms with E-state index in [1.165, 1.54) is 17.1 Å². The molecule has 5 nitrogen and oxygen atoms in total. The molecule has 1 aliphatic carbocycles. The Kier molecular flexibility index (Phi) is 8.12. The van der Waals surface area contributed by atoms with Crippen LogP contribution in [-0.2, 0) is 21.4 Å². The van der Waals surface area contributed by atoms with Gasteiger partial charge in [-0.1, -0.05) is 73.2 Å². The Bertz CT molecular complexity index is 1010. The molecule has 0 aliphatic heterocycles. The summed E-state index contributed by atoms with van der Waals surface area (Å²) in [5.74, 6) is -0.227. The number of benzene rings is 2. The fraction of sp³-hybridized carbons (Fsp3) is 0.500. The van der Waals surface area contributed by atoms with Gasteiger partial charge >= 0.3 is 0 Å². The van der Waals surface area contributed by atoms with Crippen LogP contribution in [0.25, 0.3) is 0 Å². The Morgan fingerprint density at radius 1 is 0.906 bits per heavy atom. The van der Waals surface area contributed by atoms with Crippen molar-refractivity contribution in [2.75, 3.05) is 6.54 Å². The van der Waals surface area contributed by atoms with Crippen LogP contribution < -0.4 is 5.32 Å². The van der Waals surface area contributed by atoms with Crippen LogP contribution in [-0.4, -0.2) is 31.2 Å². The summed E-state index contributed by atoms with van der Waals surface area (Å²) in [6.45, 7) is 7.58. The Morgan fingerprint density at radius 2 is 1.47 bits per heavy atom. The van der Waals surface area contributed by atoms with Crippen LogP contribution in [0.15, 0.2) is 41.3 Å². The highest BCUT2D eigenvalue weighted by molar-refractivity contribution is 7.89. The molecule has 0 unspecified atom stereocenters. The van der Waals surface area contributed by atoms with E-state index in [1.807, 2.05) is 64.1 Å². The van der Waals surface area contributed by atoms with Crippen molar-refractivity contribution in [2.45, 2.75) is 83.7 Å². The van der Waals surface area contributed by atoms with Crippen molar-refractivity contribution in [1.82, 2.24) is 9.62 Å². The number of nitrogens with zero attached hydrogens (tertiary/aromatic N) is 1. The zero-order valence-corrected chi connectivity index (χ0v) is 20.6. The van der Waals surface area contributed by atoms with Crippen LogP contribution >= 0.6 is 0 Å². The minimum atomic E-state index is -3.86. The van der Waals surface area contributed by atoms with E-state index >= 15 is 0 Å². The summed E-state index contributed by atoms with van der Waals surface area (Å²) in [5.41, 5.74) is 4.42. The highest BCUT2D eigenvalue weighted by Crippen LogP contribution is 2.27. The molecule has 0 bridgehead atoms. The SMILES string of the molecule is Cc1ccc(CN(CC(=O)NC2CCCCCC2)S(=O)(=O)c2c(C)cc(C)cc2C)cc1. The van der Waals surface area contributed by atoms with E-state index in [-0.39, 0.29) is 25.0 Å². The molecule has 2 aromatic rings. The van der Waals surface area contributed by atoms with E-state index < -0.39 is 10.0 Å². The van der Waals surface area contributed by atoms with Crippen LogP contribution in [0.3, 0.4) is 0 Å². The highest BCUT2D eigenvalue weighted by Gasteiger charge is 2.30. The first kappa shape index (κ1) is 24.5. The average molecular weight is 457 g/mol. The quantitative estimate of drug-likeness (QED) is 0.600. The molecular weight excluding hydrogens is 420 g/mol. The summed E-state index contributed by atoms with van der Waals surface area (Å²) in [5, 5.41) is 3.10. The van der Waals surface area contributed by atoms with E-state index in [0.29, 0.717) is 16.0 Å². The molecule has 6 heteroatoms. The predicted molar refractivity (Wildman–Crippen MR) is 129 cm³/mol. The predicted octanol–water partition coefficient (Wildman–Crippen LogP) is 4.95. The molecule has 0 saturated heterocycles. The van der Waals surface area contributed by atoms with Gasteiger partial charge < -0.3 is 5.32 Å². The molecular formula is C26H36N2O3S. The Hall–Kier alpha value is -2.18. The number of carbonyl (C=O) groups is 1. The topological polar surface area (TPSA) is 66.5 Å². The normalized spacial score (nSPS) is 15.5. The molecule has 174 valence electrons. The number of sulfonamides is 1. The van der Waals surface area contributed by atoms with Gasteiger partial charge in [-0.3, -0.25) is 4.79 Å². The second-order valence-electron chi connectivity index (χ2n) is 9.24. The third kappa shape index (κ3) is 6.20. The second kappa shape index (κ2) is 10.6. The largest absolute Gasteiger partial charge is 0.352 e. The average Bonchev–Trinajstić information content (AvgIpc) is 2.96. The van der Waals surface area contributed by atoms with Crippen LogP contribution in [0.2, 0.25) is 0 Å². The van der Waals surface area contributed by atoms with Gasteiger partial charge in [0.2, 0.25) is 15.9 Å². The number of amides is 1. The van der Waals surface area contributed by atoms with Gasteiger partial charge in [0, 0.05) is 12.6 Å². The van der Waals surface area contributed by atoms with Crippen molar-refractivity contribution < 1.29 is 13.2 Å². The third-order valence-electron chi connectivity index (χ3n) is 6.22. The van der Waals surface area contributed by atoms with Gasteiger partial charge in [0.1, 0.15) is 0 Å². The molecule has 3 rings (SSSR count). The van der Waals surface area contributed by atoms with Gasteiger partial charge in [0.25, 0.3) is 0 Å². The summed E-state index contributed by atoms with van der Waals surface area (Å²) in [4.78, 5) is 13.3. The van der Waals surface area contributed by atoms with Crippen LogP contribution in [0.4, 0.5) is 0 Å². The molecule has 0 atom stereocenters. The van der Waals surface area contributed by atoms with E-state index in [2.05, 4.69) is 5.32 Å². The third-order valence-corrected chi connectivity index (χ3v) is 8.32. The molecule has 1 N–H and O–H groups in total. The van der Waals surface area contributed by atoms with Crippen molar-refractivity contribution in [1.29, 1.82) is 0 Å². The lowest BCUT2D eigenvalue weighted by molar-refractivity contribution is -0.122. The summed E-state index contributed by atoms with van der Waals surface area (Å²) < 4.78 is 28.9. The zero-order chi connectivity index (χ0) is 23.3. The van der Waals surface area contributed by atoms with Crippen LogP contribution in [0.1, 0.15) is 66.3 Å². The summed E-state index contributed by atoms with van der Waals surface area (Å²) in [6, 6.07) is 11.7. The maximum absolute atomic E-state index is 13.8. The minimum absolute atomic E-state index is 0.136. The monoisotopic (exact) mass is 456 g/mol. The van der Waals surface area contributed by atoms with Crippen molar-refractivity contribution >= 4 is 15.9 Å². The standard InChI is InChI=1S/C26H36N2O3S/c1-19-11-13-23(14-12-19)17-28(18-25(29)27-24-9-7-5-6-8-10-24)32(30,31)26-21(3)15-20(2)16-22(26)4/h11-16,24H,5-10,17-18H2,1-4H3,(H,27,29). The van der Waals surface area contributed by atoms with Gasteiger partial charge in [-0.25, -0.2) is 8.42 Å². The number of hydrogen-bond acceptors (Lipinski definition) is 3. The molecule has 0 heterocycles. The molecule has 1 saturated carbocycles. The molecule has 1 amide bonds. The molecule has 1 fully saturated rings. The maximum Gasteiger partial charge on any atom is 0.244 e. The number of hydrogen-bond donors (Lipinski definition) is 1. The van der Waals surface area contributed by atoms with Crippen LogP contribution in [0.5, 0.6) is 0 Å². The molecule has 0 aromatic heterocycles. The van der Waals surface area contributed by atoms with Gasteiger partial charge in [0.15, 0.2) is 0 Å². The Morgan fingerprint density at radius 3 is 2.03 bits per heavy atom. The fourth-order valence-corrected chi connectivity index (χ4v) is 6.48. The lowest BCUT2D eigenvalue weighted by Crippen LogP contribution is -2.44. The van der Waals surface area contributed by atoms with Gasteiger partial charge in [-0.05, 0) is 57.2 Å². The van der Waals surface area contributed by atoms with E-state index in [9.17, 15) is 13.2 Å². The van der Waals surface area contributed by atoms with E-state index in [0.717, 1.165) is 42.4 Å². The first-order valence-corrected chi connectivity index (χ1v) is 13.0. The molecule has 2 aromatic carbocycles. The maximum atomic E-state index is 13.8. The smallest absolute Gasteiger partial charge is 0.244 e. The number of rotatable bonds is 7. The first-order valence-electron chi connectivity index (χ1n) is 11.6. The Balaban J connectivity index is 1.89. The minimum Gasteiger partial charge on any atom is -0.352 e. The fourth-order valence-electron chi connectivity index (χ4n) is 4.68. The van der Waals surface area contributed by atoms with E-state index in [1.54, 1.807) is 0 Å². The van der Waals surface area contributed by atoms with Gasteiger partial charge in [0.05, 0.1) is 11.4 Å². The summed E-state index contributed by atoms with van der Waals surface area (Å²) in [7, 11) is -3.86. The first-order chi connectivity index (χ1) is 15.2. The van der Waals surface area contributed by atoms with Crippen LogP contribution in [0, 0.1) is 27.7 Å². The van der Waals surface area contributed by atoms with Gasteiger partial charge in [-0.15, -0.1) is 0 Å². The Labute approximate surface area is 193 Å². The highest BCUT2D eigenvalue weighted by atomic mass is 32.2. The van der Waals surface area contributed by atoms with E-state index in [4.69, 9.17) is 0 Å².